The molecule has 0 bridgehead atoms. The Morgan fingerprint density at radius 1 is 1.10 bits per heavy atom. The first-order valence-corrected chi connectivity index (χ1v) is 10.6. The highest BCUT2D eigenvalue weighted by Crippen LogP contribution is 2.20. The Hall–Kier alpha value is -2.89. The van der Waals surface area contributed by atoms with E-state index in [1.807, 2.05) is 12.1 Å². The Labute approximate surface area is 177 Å². The number of amides is 2. The normalized spacial score (nSPS) is 14.4. The van der Waals surface area contributed by atoms with Gasteiger partial charge in [-0.3, -0.25) is 9.59 Å². The minimum atomic E-state index is -0.487. The number of unbranched alkanes of at least 4 members (excludes halogenated alkanes) is 1. The summed E-state index contributed by atoms with van der Waals surface area (Å²) in [5.74, 6) is 0.206. The van der Waals surface area contributed by atoms with Crippen molar-refractivity contribution in [2.75, 3.05) is 26.2 Å². The Morgan fingerprint density at radius 3 is 2.47 bits per heavy atom. The van der Waals surface area contributed by atoms with E-state index >= 15 is 0 Å². The number of hydrogen-bond acceptors (Lipinski definition) is 3. The average Bonchev–Trinajstić information content (AvgIpc) is 2.78. The van der Waals surface area contributed by atoms with Gasteiger partial charge in [0.2, 0.25) is 0 Å². The summed E-state index contributed by atoms with van der Waals surface area (Å²) < 4.78 is 19.5. The van der Waals surface area contributed by atoms with Crippen molar-refractivity contribution in [1.29, 1.82) is 0 Å². The molecule has 1 aliphatic heterocycles. The van der Waals surface area contributed by atoms with Gasteiger partial charge >= 0.3 is 0 Å². The monoisotopic (exact) mass is 412 g/mol. The van der Waals surface area contributed by atoms with Crippen molar-refractivity contribution < 1.29 is 18.7 Å². The van der Waals surface area contributed by atoms with Crippen molar-refractivity contribution >= 4 is 11.8 Å². The van der Waals surface area contributed by atoms with E-state index in [9.17, 15) is 14.0 Å². The lowest BCUT2D eigenvalue weighted by Gasteiger charge is -2.32. The summed E-state index contributed by atoms with van der Waals surface area (Å²) in [6.45, 7) is 4.49. The fourth-order valence-corrected chi connectivity index (χ4v) is 3.52. The number of nitrogens with zero attached hydrogens (tertiary/aromatic N) is 1. The quantitative estimate of drug-likeness (QED) is 0.658. The van der Waals surface area contributed by atoms with Crippen LogP contribution < -0.4 is 10.1 Å². The van der Waals surface area contributed by atoms with E-state index in [2.05, 4.69) is 12.2 Å². The summed E-state index contributed by atoms with van der Waals surface area (Å²) in [4.78, 5) is 26.6. The topological polar surface area (TPSA) is 58.6 Å². The van der Waals surface area contributed by atoms with E-state index in [-0.39, 0.29) is 17.4 Å². The predicted molar refractivity (Wildman–Crippen MR) is 114 cm³/mol. The predicted octanol–water partition coefficient (Wildman–Crippen LogP) is 4.29. The second-order valence-electron chi connectivity index (χ2n) is 7.65. The molecule has 0 saturated carbocycles. The number of benzene rings is 2. The van der Waals surface area contributed by atoms with Gasteiger partial charge in [-0.15, -0.1) is 0 Å². The molecule has 6 heteroatoms. The summed E-state index contributed by atoms with van der Waals surface area (Å²) in [6.07, 6.45) is 3.65. The van der Waals surface area contributed by atoms with Crippen LogP contribution in [0.2, 0.25) is 0 Å². The number of likely N-dealkylation sites (tertiary alicyclic amines) is 1. The molecule has 1 aliphatic rings. The van der Waals surface area contributed by atoms with Gasteiger partial charge in [-0.05, 0) is 61.6 Å². The molecule has 0 atom stereocenters. The molecule has 2 aromatic rings. The van der Waals surface area contributed by atoms with Gasteiger partial charge in [0.15, 0.2) is 0 Å². The van der Waals surface area contributed by atoms with Crippen LogP contribution in [0.1, 0.15) is 53.3 Å². The number of hydrogen-bond donors (Lipinski definition) is 1. The van der Waals surface area contributed by atoms with Crippen molar-refractivity contribution in [2.45, 2.75) is 32.6 Å². The van der Waals surface area contributed by atoms with E-state index in [1.165, 1.54) is 12.1 Å². The maximum absolute atomic E-state index is 13.8. The van der Waals surface area contributed by atoms with Crippen LogP contribution in [0.4, 0.5) is 4.39 Å². The Balaban J connectivity index is 1.42. The lowest BCUT2D eigenvalue weighted by atomic mass is 9.96. The molecule has 30 heavy (non-hydrogen) atoms. The van der Waals surface area contributed by atoms with Crippen LogP contribution >= 0.6 is 0 Å². The molecular weight excluding hydrogens is 383 g/mol. The van der Waals surface area contributed by atoms with Gasteiger partial charge in [-0.25, -0.2) is 4.39 Å². The zero-order valence-electron chi connectivity index (χ0n) is 17.4. The molecule has 0 aromatic heterocycles. The molecule has 0 spiro atoms. The minimum absolute atomic E-state index is 0.111. The molecule has 2 amide bonds. The summed E-state index contributed by atoms with van der Waals surface area (Å²) in [6, 6.07) is 13.2. The van der Waals surface area contributed by atoms with E-state index in [1.54, 1.807) is 29.2 Å². The summed E-state index contributed by atoms with van der Waals surface area (Å²) in [7, 11) is 0. The zero-order chi connectivity index (χ0) is 21.3. The van der Waals surface area contributed by atoms with Gasteiger partial charge in [-0.2, -0.15) is 0 Å². The van der Waals surface area contributed by atoms with Gasteiger partial charge in [0, 0.05) is 25.2 Å². The van der Waals surface area contributed by atoms with Crippen molar-refractivity contribution in [3.63, 3.8) is 0 Å². The first-order chi connectivity index (χ1) is 14.6. The first kappa shape index (κ1) is 21.8. The highest BCUT2D eigenvalue weighted by Gasteiger charge is 2.25. The molecule has 0 radical (unpaired) electrons. The molecule has 1 fully saturated rings. The number of nitrogens with one attached hydrogen (secondary N) is 1. The van der Waals surface area contributed by atoms with Crippen LogP contribution in [0, 0.1) is 11.7 Å². The molecule has 5 nitrogen and oxygen atoms in total. The van der Waals surface area contributed by atoms with Crippen LogP contribution in [0.3, 0.4) is 0 Å². The standard InChI is InChI=1S/C24H29FN2O3/c1-2-3-16-30-20-10-8-19(9-11-20)23(28)26-17-18-12-14-27(15-13-18)24(29)21-6-4-5-7-22(21)25/h4-11,18H,2-3,12-17H2,1H3,(H,26,28). The van der Waals surface area contributed by atoms with Crippen LogP contribution in [0.5, 0.6) is 5.75 Å². The summed E-state index contributed by atoms with van der Waals surface area (Å²) in [5.41, 5.74) is 0.719. The van der Waals surface area contributed by atoms with Crippen LogP contribution in [0.25, 0.3) is 0 Å². The number of rotatable bonds is 8. The van der Waals surface area contributed by atoms with Gasteiger partial charge in [0.05, 0.1) is 12.2 Å². The lowest BCUT2D eigenvalue weighted by Crippen LogP contribution is -2.41. The molecular formula is C24H29FN2O3. The van der Waals surface area contributed by atoms with Gasteiger partial charge in [-0.1, -0.05) is 25.5 Å². The molecule has 1 saturated heterocycles. The average molecular weight is 413 g/mol. The second kappa shape index (κ2) is 10.8. The minimum Gasteiger partial charge on any atom is -0.494 e. The van der Waals surface area contributed by atoms with Crippen LogP contribution in [0.15, 0.2) is 48.5 Å². The SMILES string of the molecule is CCCCOc1ccc(C(=O)NCC2CCN(C(=O)c3ccccc3F)CC2)cc1. The van der Waals surface area contributed by atoms with E-state index < -0.39 is 5.82 Å². The van der Waals surface area contributed by atoms with Gasteiger partial charge in [0.1, 0.15) is 11.6 Å². The number of ether oxygens (including phenoxy) is 1. The van der Waals surface area contributed by atoms with Crippen molar-refractivity contribution in [3.05, 3.63) is 65.5 Å². The molecule has 0 aliphatic carbocycles. The molecule has 2 aromatic carbocycles. The van der Waals surface area contributed by atoms with Crippen LogP contribution in [-0.4, -0.2) is 43.0 Å². The number of carbonyl (C=O) groups is 2. The van der Waals surface area contributed by atoms with E-state index in [0.29, 0.717) is 37.7 Å². The molecule has 160 valence electrons. The van der Waals surface area contributed by atoms with Crippen molar-refractivity contribution in [1.82, 2.24) is 10.2 Å². The molecule has 3 rings (SSSR count). The third kappa shape index (κ3) is 5.81. The number of carbonyl (C=O) groups excluding carboxylic acids is 2. The fourth-order valence-electron chi connectivity index (χ4n) is 3.52. The third-order valence-corrected chi connectivity index (χ3v) is 5.44. The van der Waals surface area contributed by atoms with Crippen molar-refractivity contribution in [3.8, 4) is 5.75 Å². The highest BCUT2D eigenvalue weighted by atomic mass is 19.1. The Bertz CT molecular complexity index is 846. The molecule has 0 unspecified atom stereocenters. The first-order valence-electron chi connectivity index (χ1n) is 10.6. The molecule has 1 N–H and O–H groups in total. The van der Waals surface area contributed by atoms with Crippen LogP contribution in [-0.2, 0) is 0 Å². The summed E-state index contributed by atoms with van der Waals surface area (Å²) in [5, 5.41) is 2.98. The maximum Gasteiger partial charge on any atom is 0.256 e. The Kier molecular flexibility index (Phi) is 7.82. The second-order valence-corrected chi connectivity index (χ2v) is 7.65. The smallest absolute Gasteiger partial charge is 0.256 e. The summed E-state index contributed by atoms with van der Waals surface area (Å²) >= 11 is 0. The highest BCUT2D eigenvalue weighted by molar-refractivity contribution is 5.95. The third-order valence-electron chi connectivity index (χ3n) is 5.44. The maximum atomic E-state index is 13.8. The fraction of sp³-hybridized carbons (Fsp3) is 0.417. The largest absolute Gasteiger partial charge is 0.494 e. The molecule has 1 heterocycles. The zero-order valence-corrected chi connectivity index (χ0v) is 17.4. The van der Waals surface area contributed by atoms with Gasteiger partial charge in [0.25, 0.3) is 11.8 Å². The number of halogens is 1. The van der Waals surface area contributed by atoms with Gasteiger partial charge < -0.3 is 15.0 Å². The van der Waals surface area contributed by atoms with E-state index in [0.717, 1.165) is 31.4 Å². The number of piperidine rings is 1. The lowest BCUT2D eigenvalue weighted by molar-refractivity contribution is 0.0679. The van der Waals surface area contributed by atoms with Crippen molar-refractivity contribution in [2.24, 2.45) is 5.92 Å². The van der Waals surface area contributed by atoms with E-state index in [4.69, 9.17) is 4.74 Å². The Morgan fingerprint density at radius 2 is 1.80 bits per heavy atom.